The molecule has 0 saturated heterocycles. The molecule has 0 fully saturated rings. The standard InChI is InChI=1S/C7H8N2O4S/c1-14(12,13)4-6-8-5(3-10)2-7(11)9-6/h2-3H,4H2,1H3,(H,8,9,11). The summed E-state index contributed by atoms with van der Waals surface area (Å²) < 4.78 is 21.7. The van der Waals surface area contributed by atoms with Crippen molar-refractivity contribution in [1.29, 1.82) is 0 Å². The molecule has 0 aliphatic heterocycles. The van der Waals surface area contributed by atoms with Gasteiger partial charge in [-0.15, -0.1) is 0 Å². The lowest BCUT2D eigenvalue weighted by molar-refractivity contribution is 0.111. The summed E-state index contributed by atoms with van der Waals surface area (Å²) in [4.78, 5) is 27.1. The normalized spacial score (nSPS) is 11.2. The van der Waals surface area contributed by atoms with Gasteiger partial charge in [0.2, 0.25) is 0 Å². The van der Waals surface area contributed by atoms with Crippen LogP contribution in [0, 0.1) is 0 Å². The maximum Gasteiger partial charge on any atom is 0.251 e. The number of aromatic nitrogens is 2. The molecule has 1 aromatic rings. The second kappa shape index (κ2) is 3.70. The molecule has 0 aliphatic rings. The van der Waals surface area contributed by atoms with E-state index >= 15 is 0 Å². The van der Waals surface area contributed by atoms with Crippen LogP contribution in [-0.2, 0) is 15.6 Å². The zero-order chi connectivity index (χ0) is 10.8. The molecule has 0 bridgehead atoms. The number of hydrogen-bond acceptors (Lipinski definition) is 5. The van der Waals surface area contributed by atoms with Crippen molar-refractivity contribution in [2.45, 2.75) is 5.75 Å². The first-order chi connectivity index (χ1) is 6.40. The van der Waals surface area contributed by atoms with E-state index in [1.54, 1.807) is 0 Å². The van der Waals surface area contributed by atoms with Crippen molar-refractivity contribution in [3.05, 3.63) is 27.9 Å². The van der Waals surface area contributed by atoms with Crippen molar-refractivity contribution >= 4 is 16.1 Å². The molecule has 0 aromatic carbocycles. The van der Waals surface area contributed by atoms with Crippen LogP contribution in [0.5, 0.6) is 0 Å². The molecule has 0 amide bonds. The van der Waals surface area contributed by atoms with E-state index in [0.29, 0.717) is 6.29 Å². The molecule has 1 aromatic heterocycles. The van der Waals surface area contributed by atoms with Crippen LogP contribution < -0.4 is 5.56 Å². The maximum absolute atomic E-state index is 10.9. The fourth-order valence-electron chi connectivity index (χ4n) is 0.906. The largest absolute Gasteiger partial charge is 0.310 e. The maximum atomic E-state index is 10.9. The van der Waals surface area contributed by atoms with Gasteiger partial charge in [-0.2, -0.15) is 0 Å². The van der Waals surface area contributed by atoms with E-state index < -0.39 is 15.4 Å². The summed E-state index contributed by atoms with van der Waals surface area (Å²) >= 11 is 0. The van der Waals surface area contributed by atoms with E-state index in [2.05, 4.69) is 9.97 Å². The summed E-state index contributed by atoms with van der Waals surface area (Å²) in [6, 6.07) is 0.999. The first kappa shape index (κ1) is 10.6. The predicted octanol–water partition coefficient (Wildman–Crippen LogP) is -0.873. The Morgan fingerprint density at radius 1 is 1.57 bits per heavy atom. The fourth-order valence-corrected chi connectivity index (χ4v) is 1.54. The molecule has 0 unspecified atom stereocenters. The molecule has 0 saturated carbocycles. The van der Waals surface area contributed by atoms with Gasteiger partial charge < -0.3 is 4.98 Å². The zero-order valence-electron chi connectivity index (χ0n) is 7.35. The van der Waals surface area contributed by atoms with Gasteiger partial charge in [0.15, 0.2) is 16.1 Å². The molecule has 7 heteroatoms. The van der Waals surface area contributed by atoms with Crippen molar-refractivity contribution in [3.63, 3.8) is 0 Å². The van der Waals surface area contributed by atoms with Crippen LogP contribution in [0.25, 0.3) is 0 Å². The van der Waals surface area contributed by atoms with Gasteiger partial charge in [0.1, 0.15) is 17.3 Å². The Morgan fingerprint density at radius 3 is 2.71 bits per heavy atom. The molecule has 0 aliphatic carbocycles. The molecule has 0 radical (unpaired) electrons. The summed E-state index contributed by atoms with van der Waals surface area (Å²) in [5.74, 6) is -0.411. The van der Waals surface area contributed by atoms with Gasteiger partial charge in [0, 0.05) is 12.3 Å². The second-order valence-electron chi connectivity index (χ2n) is 2.80. The zero-order valence-corrected chi connectivity index (χ0v) is 8.17. The van der Waals surface area contributed by atoms with Crippen molar-refractivity contribution in [2.75, 3.05) is 6.26 Å². The smallest absolute Gasteiger partial charge is 0.251 e. The van der Waals surface area contributed by atoms with Crippen LogP contribution in [0.1, 0.15) is 16.3 Å². The molecule has 14 heavy (non-hydrogen) atoms. The van der Waals surface area contributed by atoms with Gasteiger partial charge in [-0.3, -0.25) is 9.59 Å². The number of hydrogen-bond donors (Lipinski definition) is 1. The first-order valence-corrected chi connectivity index (χ1v) is 5.70. The molecule has 0 atom stereocenters. The highest BCUT2D eigenvalue weighted by molar-refractivity contribution is 7.89. The highest BCUT2D eigenvalue weighted by Gasteiger charge is 2.07. The number of rotatable bonds is 3. The molecule has 1 heterocycles. The molecular formula is C7H8N2O4S. The van der Waals surface area contributed by atoms with E-state index in [-0.39, 0.29) is 17.3 Å². The van der Waals surface area contributed by atoms with Gasteiger partial charge in [-0.25, -0.2) is 13.4 Å². The number of carbonyl (C=O) groups excluding carboxylic acids is 1. The third kappa shape index (κ3) is 3.09. The Hall–Kier alpha value is -1.50. The van der Waals surface area contributed by atoms with Crippen molar-refractivity contribution in [2.24, 2.45) is 0 Å². The number of carbonyl (C=O) groups is 1. The Kier molecular flexibility index (Phi) is 2.80. The van der Waals surface area contributed by atoms with Gasteiger partial charge in [0.05, 0.1) is 0 Å². The quantitative estimate of drug-likeness (QED) is 0.662. The Morgan fingerprint density at radius 2 is 2.21 bits per heavy atom. The molecule has 76 valence electrons. The van der Waals surface area contributed by atoms with E-state index in [9.17, 15) is 18.0 Å². The minimum atomic E-state index is -3.27. The molecule has 1 rings (SSSR count). The van der Waals surface area contributed by atoms with E-state index in [0.717, 1.165) is 12.3 Å². The van der Waals surface area contributed by atoms with Crippen LogP contribution >= 0.6 is 0 Å². The molecule has 6 nitrogen and oxygen atoms in total. The first-order valence-electron chi connectivity index (χ1n) is 3.64. The highest BCUT2D eigenvalue weighted by atomic mass is 32.2. The summed E-state index contributed by atoms with van der Waals surface area (Å²) in [5, 5.41) is 0. The number of aromatic amines is 1. The number of sulfone groups is 1. The Bertz CT molecular complexity index is 503. The van der Waals surface area contributed by atoms with Gasteiger partial charge >= 0.3 is 0 Å². The van der Waals surface area contributed by atoms with Crippen LogP contribution in [0.3, 0.4) is 0 Å². The van der Waals surface area contributed by atoms with Crippen LogP contribution in [0.15, 0.2) is 10.9 Å². The summed E-state index contributed by atoms with van der Waals surface area (Å²) in [5.41, 5.74) is -0.617. The monoisotopic (exact) mass is 216 g/mol. The summed E-state index contributed by atoms with van der Waals surface area (Å²) in [6.07, 6.45) is 1.40. The lowest BCUT2D eigenvalue weighted by Gasteiger charge is -1.98. The van der Waals surface area contributed by atoms with E-state index in [4.69, 9.17) is 0 Å². The SMILES string of the molecule is CS(=O)(=O)Cc1nc(C=O)cc(=O)[nH]1. The van der Waals surface area contributed by atoms with E-state index in [1.165, 1.54) is 0 Å². The van der Waals surface area contributed by atoms with Crippen molar-refractivity contribution < 1.29 is 13.2 Å². The Labute approximate surface area is 79.9 Å². The minimum Gasteiger partial charge on any atom is -0.310 e. The number of aldehydes is 1. The lowest BCUT2D eigenvalue weighted by Crippen LogP contribution is -2.15. The van der Waals surface area contributed by atoms with Gasteiger partial charge in [0.25, 0.3) is 5.56 Å². The third-order valence-electron chi connectivity index (χ3n) is 1.33. The van der Waals surface area contributed by atoms with Gasteiger partial charge in [-0.05, 0) is 0 Å². The van der Waals surface area contributed by atoms with Crippen molar-refractivity contribution in [3.8, 4) is 0 Å². The predicted molar refractivity (Wildman–Crippen MR) is 48.8 cm³/mol. The van der Waals surface area contributed by atoms with Crippen molar-refractivity contribution in [1.82, 2.24) is 9.97 Å². The van der Waals surface area contributed by atoms with Crippen LogP contribution in [-0.4, -0.2) is 30.9 Å². The van der Waals surface area contributed by atoms with E-state index in [1.807, 2.05) is 0 Å². The van der Waals surface area contributed by atoms with Crippen LogP contribution in [0.2, 0.25) is 0 Å². The summed E-state index contributed by atoms with van der Waals surface area (Å²) in [6.45, 7) is 0. The van der Waals surface area contributed by atoms with Gasteiger partial charge in [-0.1, -0.05) is 0 Å². The number of nitrogens with zero attached hydrogens (tertiary/aromatic N) is 1. The average Bonchev–Trinajstić information content (AvgIpc) is 1.99. The van der Waals surface area contributed by atoms with Crippen LogP contribution in [0.4, 0.5) is 0 Å². The average molecular weight is 216 g/mol. The summed E-state index contributed by atoms with van der Waals surface area (Å²) in [7, 11) is -3.27. The molecule has 0 spiro atoms. The molecule has 1 N–H and O–H groups in total. The topological polar surface area (TPSA) is 97.0 Å². The fraction of sp³-hybridized carbons (Fsp3) is 0.286. The number of H-pyrrole nitrogens is 1. The number of nitrogens with one attached hydrogen (secondary N) is 1. The lowest BCUT2D eigenvalue weighted by atomic mass is 10.4. The highest BCUT2D eigenvalue weighted by Crippen LogP contribution is 1.96. The molecular weight excluding hydrogens is 208 g/mol. The minimum absolute atomic E-state index is 0.0258. The Balaban J connectivity index is 3.17. The third-order valence-corrected chi connectivity index (χ3v) is 2.13. The second-order valence-corrected chi connectivity index (χ2v) is 4.95.